The Hall–Kier alpha value is -0.710. The molecule has 1 fully saturated rings. The van der Waals surface area contributed by atoms with E-state index in [9.17, 15) is 15.0 Å². The van der Waals surface area contributed by atoms with Crippen molar-refractivity contribution in [3.63, 3.8) is 0 Å². The van der Waals surface area contributed by atoms with E-state index in [0.29, 0.717) is 12.8 Å². The minimum absolute atomic E-state index is 0.156. The first-order valence-electron chi connectivity index (χ1n) is 5.95. The van der Waals surface area contributed by atoms with Gasteiger partial charge in [-0.2, -0.15) is 0 Å². The topological polar surface area (TPSA) is 77.8 Å². The van der Waals surface area contributed by atoms with Gasteiger partial charge in [0.1, 0.15) is 5.78 Å². The fraction of sp³-hybridized carbons (Fsp3) is 0.769. The zero-order chi connectivity index (χ0) is 13.3. The SMILES string of the molecule is C[C@@H]1CC(=O)CC(C)(C)[C@@]1(O)C=C[C@@H](O)CO. The number of hydrogen-bond acceptors (Lipinski definition) is 4. The van der Waals surface area contributed by atoms with Crippen LogP contribution in [0.3, 0.4) is 0 Å². The van der Waals surface area contributed by atoms with Crippen LogP contribution >= 0.6 is 0 Å². The largest absolute Gasteiger partial charge is 0.393 e. The van der Waals surface area contributed by atoms with Gasteiger partial charge in [0.15, 0.2) is 0 Å². The van der Waals surface area contributed by atoms with Crippen molar-refractivity contribution in [1.29, 1.82) is 0 Å². The van der Waals surface area contributed by atoms with Crippen molar-refractivity contribution in [3.05, 3.63) is 12.2 Å². The summed E-state index contributed by atoms with van der Waals surface area (Å²) in [6.45, 7) is 5.14. The Labute approximate surface area is 102 Å². The van der Waals surface area contributed by atoms with Crippen LogP contribution in [0, 0.1) is 11.3 Å². The summed E-state index contributed by atoms with van der Waals surface area (Å²) >= 11 is 0. The molecule has 1 saturated carbocycles. The van der Waals surface area contributed by atoms with Crippen LogP contribution in [-0.2, 0) is 4.79 Å². The van der Waals surface area contributed by atoms with E-state index in [1.807, 2.05) is 20.8 Å². The predicted molar refractivity (Wildman–Crippen MR) is 64.4 cm³/mol. The minimum atomic E-state index is -1.13. The Morgan fingerprint density at radius 2 is 2.12 bits per heavy atom. The van der Waals surface area contributed by atoms with Crippen molar-refractivity contribution in [1.82, 2.24) is 0 Å². The van der Waals surface area contributed by atoms with Crippen LogP contribution in [0.2, 0.25) is 0 Å². The Balaban J connectivity index is 2.98. The van der Waals surface area contributed by atoms with Gasteiger partial charge in [-0.15, -0.1) is 0 Å². The highest BCUT2D eigenvalue weighted by molar-refractivity contribution is 5.81. The van der Waals surface area contributed by atoms with Gasteiger partial charge >= 0.3 is 0 Å². The number of hydrogen-bond donors (Lipinski definition) is 3. The van der Waals surface area contributed by atoms with E-state index in [1.165, 1.54) is 12.2 Å². The van der Waals surface area contributed by atoms with Gasteiger partial charge in [0, 0.05) is 18.3 Å². The summed E-state index contributed by atoms with van der Waals surface area (Å²) in [6.07, 6.45) is 2.63. The van der Waals surface area contributed by atoms with Gasteiger partial charge in [-0.1, -0.05) is 32.9 Å². The smallest absolute Gasteiger partial charge is 0.133 e. The van der Waals surface area contributed by atoms with E-state index in [4.69, 9.17) is 5.11 Å². The molecule has 0 aliphatic heterocycles. The Morgan fingerprint density at radius 1 is 1.53 bits per heavy atom. The minimum Gasteiger partial charge on any atom is -0.393 e. The number of carbonyl (C=O) groups is 1. The van der Waals surface area contributed by atoms with Crippen molar-refractivity contribution in [2.45, 2.75) is 45.3 Å². The maximum absolute atomic E-state index is 11.5. The van der Waals surface area contributed by atoms with Gasteiger partial charge < -0.3 is 15.3 Å². The highest BCUT2D eigenvalue weighted by atomic mass is 16.3. The molecular weight excluding hydrogens is 220 g/mol. The molecule has 17 heavy (non-hydrogen) atoms. The first-order valence-corrected chi connectivity index (χ1v) is 5.95. The second-order valence-corrected chi connectivity index (χ2v) is 5.64. The second-order valence-electron chi connectivity index (χ2n) is 5.64. The molecular formula is C13H22O4. The molecule has 0 unspecified atom stereocenters. The molecule has 0 radical (unpaired) electrons. The summed E-state index contributed by atoms with van der Waals surface area (Å²) in [4.78, 5) is 11.5. The van der Waals surface area contributed by atoms with Crippen LogP contribution in [0.4, 0.5) is 0 Å². The lowest BCUT2D eigenvalue weighted by molar-refractivity contribution is -0.142. The van der Waals surface area contributed by atoms with Crippen LogP contribution in [-0.4, -0.2) is 39.4 Å². The third-order valence-electron chi connectivity index (χ3n) is 3.77. The molecule has 0 aromatic rings. The molecule has 4 nitrogen and oxygen atoms in total. The Kier molecular flexibility index (Phi) is 4.12. The van der Waals surface area contributed by atoms with Crippen molar-refractivity contribution in [2.24, 2.45) is 11.3 Å². The van der Waals surface area contributed by atoms with E-state index < -0.39 is 17.1 Å². The van der Waals surface area contributed by atoms with Crippen molar-refractivity contribution in [3.8, 4) is 0 Å². The van der Waals surface area contributed by atoms with Crippen LogP contribution < -0.4 is 0 Å². The van der Waals surface area contributed by atoms with E-state index >= 15 is 0 Å². The summed E-state index contributed by atoms with van der Waals surface area (Å²) in [5, 5.41) is 28.7. The van der Waals surface area contributed by atoms with Crippen molar-refractivity contribution < 1.29 is 20.1 Å². The summed E-state index contributed by atoms with van der Waals surface area (Å²) in [6, 6.07) is 0. The number of aliphatic hydroxyl groups is 3. The van der Waals surface area contributed by atoms with E-state index in [1.54, 1.807) is 0 Å². The number of aliphatic hydroxyl groups excluding tert-OH is 2. The molecule has 0 bridgehead atoms. The molecule has 4 heteroatoms. The van der Waals surface area contributed by atoms with Crippen molar-refractivity contribution in [2.75, 3.05) is 6.61 Å². The molecule has 0 amide bonds. The van der Waals surface area contributed by atoms with Gasteiger partial charge in [-0.25, -0.2) is 0 Å². The van der Waals surface area contributed by atoms with Gasteiger partial charge in [0.05, 0.1) is 18.3 Å². The molecule has 1 aliphatic rings. The van der Waals surface area contributed by atoms with Gasteiger partial charge in [-0.3, -0.25) is 4.79 Å². The maximum atomic E-state index is 11.5. The summed E-state index contributed by atoms with van der Waals surface area (Å²) in [5.41, 5.74) is -1.69. The maximum Gasteiger partial charge on any atom is 0.133 e. The van der Waals surface area contributed by atoms with Crippen molar-refractivity contribution >= 4 is 5.78 Å². The first kappa shape index (κ1) is 14.4. The third-order valence-corrected chi connectivity index (χ3v) is 3.77. The normalized spacial score (nSPS) is 35.2. The monoisotopic (exact) mass is 242 g/mol. The Bertz CT molecular complexity index is 321. The highest BCUT2D eigenvalue weighted by Crippen LogP contribution is 2.46. The van der Waals surface area contributed by atoms with E-state index in [-0.39, 0.29) is 18.3 Å². The van der Waals surface area contributed by atoms with Gasteiger partial charge in [-0.05, 0) is 5.92 Å². The molecule has 0 heterocycles. The average Bonchev–Trinajstić information content (AvgIpc) is 2.22. The molecule has 3 N–H and O–H groups in total. The summed E-state index contributed by atoms with van der Waals surface area (Å²) in [7, 11) is 0. The van der Waals surface area contributed by atoms with Crippen LogP contribution in [0.5, 0.6) is 0 Å². The number of rotatable bonds is 3. The van der Waals surface area contributed by atoms with Gasteiger partial charge in [0.25, 0.3) is 0 Å². The summed E-state index contributed by atoms with van der Waals surface area (Å²) in [5.74, 6) is -0.0378. The number of Topliss-reactive ketones (excluding diaryl/α,β-unsaturated/α-hetero) is 1. The van der Waals surface area contributed by atoms with Crippen LogP contribution in [0.15, 0.2) is 12.2 Å². The zero-order valence-corrected chi connectivity index (χ0v) is 10.7. The molecule has 0 aromatic heterocycles. The molecule has 1 aliphatic carbocycles. The predicted octanol–water partition coefficient (Wildman–Crippen LogP) is 0.652. The average molecular weight is 242 g/mol. The zero-order valence-electron chi connectivity index (χ0n) is 10.7. The molecule has 98 valence electrons. The first-order chi connectivity index (χ1) is 7.73. The van der Waals surface area contributed by atoms with E-state index in [2.05, 4.69) is 0 Å². The number of carbonyl (C=O) groups excluding carboxylic acids is 1. The molecule has 0 spiro atoms. The van der Waals surface area contributed by atoms with Crippen LogP contribution in [0.1, 0.15) is 33.6 Å². The standard InChI is InChI=1S/C13H22O4/c1-9-6-11(16)7-12(2,3)13(9,17)5-4-10(15)8-14/h4-5,9-10,14-15,17H,6-8H2,1-3H3/t9-,10-,13-/m1/s1. The van der Waals surface area contributed by atoms with Crippen LogP contribution in [0.25, 0.3) is 0 Å². The Morgan fingerprint density at radius 3 is 2.59 bits per heavy atom. The fourth-order valence-corrected chi connectivity index (χ4v) is 2.58. The molecule has 0 saturated heterocycles. The molecule has 1 rings (SSSR count). The molecule has 0 aromatic carbocycles. The molecule has 3 atom stereocenters. The van der Waals surface area contributed by atoms with Gasteiger partial charge in [0.2, 0.25) is 0 Å². The van der Waals surface area contributed by atoms with E-state index in [0.717, 1.165) is 0 Å². The number of ketones is 1. The lowest BCUT2D eigenvalue weighted by Gasteiger charge is -2.48. The lowest BCUT2D eigenvalue weighted by atomic mass is 9.60. The fourth-order valence-electron chi connectivity index (χ4n) is 2.58. The third kappa shape index (κ3) is 2.76. The second kappa shape index (κ2) is 4.88. The quantitative estimate of drug-likeness (QED) is 0.635. The lowest BCUT2D eigenvalue weighted by Crippen LogP contribution is -2.53. The highest BCUT2D eigenvalue weighted by Gasteiger charge is 2.50. The summed E-state index contributed by atoms with van der Waals surface area (Å²) < 4.78 is 0.